The predicted octanol–water partition coefficient (Wildman–Crippen LogP) is 2.79. The maximum atomic E-state index is 12.7. The number of carbonyl (C=O) groups excluding carboxylic acids is 2. The van der Waals surface area contributed by atoms with E-state index in [9.17, 15) is 14.7 Å². The summed E-state index contributed by atoms with van der Waals surface area (Å²) in [5.41, 5.74) is 1.93. The Kier molecular flexibility index (Phi) is 5.67. The molecule has 0 aliphatic carbocycles. The summed E-state index contributed by atoms with van der Waals surface area (Å²) in [4.78, 5) is 34.0. The van der Waals surface area contributed by atoms with Gasteiger partial charge < -0.3 is 21.1 Å². The first-order valence-corrected chi connectivity index (χ1v) is 9.67. The lowest BCUT2D eigenvalue weighted by Crippen LogP contribution is -2.35. The van der Waals surface area contributed by atoms with Gasteiger partial charge >= 0.3 is 0 Å². The van der Waals surface area contributed by atoms with Gasteiger partial charge in [0.1, 0.15) is 17.1 Å². The van der Waals surface area contributed by atoms with Crippen molar-refractivity contribution in [3.05, 3.63) is 66.5 Å². The summed E-state index contributed by atoms with van der Waals surface area (Å²) in [6.07, 6.45) is 4.93. The number of nitrogens with zero attached hydrogens (tertiary/aromatic N) is 2. The number of aromatic hydroxyl groups is 1. The number of hydrogen-bond acceptors (Lipinski definition) is 6. The van der Waals surface area contributed by atoms with Crippen LogP contribution in [0.4, 0.5) is 11.4 Å². The van der Waals surface area contributed by atoms with Crippen molar-refractivity contribution in [1.29, 1.82) is 0 Å². The standard InChI is InChI=1S/C22H21N5O3/c28-18-10-2-1-6-14(18)21(29)26-15-7-3-12-24-19(15)20-16(8-4-13-25-20)27-22(30)17-9-5-11-23-17/h1-4,6-8,10,12-13,17,23,28H,5,9,11H2,(H,26,29)(H,27,30)/t17-/m0/s1. The molecule has 0 spiro atoms. The smallest absolute Gasteiger partial charge is 0.259 e. The van der Waals surface area contributed by atoms with Crippen molar-refractivity contribution in [3.63, 3.8) is 0 Å². The number of nitrogens with one attached hydrogen (secondary N) is 3. The van der Waals surface area contributed by atoms with Gasteiger partial charge in [-0.05, 0) is 55.8 Å². The van der Waals surface area contributed by atoms with Crippen LogP contribution < -0.4 is 16.0 Å². The van der Waals surface area contributed by atoms with Gasteiger partial charge in [0.2, 0.25) is 5.91 Å². The number of rotatable bonds is 5. The van der Waals surface area contributed by atoms with Crippen molar-refractivity contribution in [2.75, 3.05) is 17.2 Å². The van der Waals surface area contributed by atoms with E-state index in [2.05, 4.69) is 25.9 Å². The van der Waals surface area contributed by atoms with Crippen molar-refractivity contribution >= 4 is 23.2 Å². The molecule has 2 amide bonds. The molecule has 1 atom stereocenters. The third-order valence-electron chi connectivity index (χ3n) is 4.87. The Morgan fingerprint density at radius 3 is 2.23 bits per heavy atom. The SMILES string of the molecule is O=C(Nc1cccnc1-c1ncccc1NC(=O)[C@@H]1CCCN1)c1ccccc1O. The van der Waals surface area contributed by atoms with Crippen LogP contribution in [0.2, 0.25) is 0 Å². The molecule has 1 saturated heterocycles. The third kappa shape index (κ3) is 4.13. The quantitative estimate of drug-likeness (QED) is 0.521. The molecule has 3 aromatic rings. The van der Waals surface area contributed by atoms with E-state index in [-0.39, 0.29) is 23.3 Å². The Morgan fingerprint density at radius 2 is 1.60 bits per heavy atom. The highest BCUT2D eigenvalue weighted by Gasteiger charge is 2.24. The number of phenols is 1. The Hall–Kier alpha value is -3.78. The molecular formula is C22H21N5O3. The maximum absolute atomic E-state index is 12.7. The number of benzene rings is 1. The summed E-state index contributed by atoms with van der Waals surface area (Å²) in [5.74, 6) is -0.716. The highest BCUT2D eigenvalue weighted by atomic mass is 16.3. The molecule has 0 saturated carbocycles. The molecule has 8 nitrogen and oxygen atoms in total. The molecule has 1 fully saturated rings. The van der Waals surface area contributed by atoms with Crippen LogP contribution in [-0.2, 0) is 4.79 Å². The van der Waals surface area contributed by atoms with Crippen LogP contribution in [0.3, 0.4) is 0 Å². The fourth-order valence-electron chi connectivity index (χ4n) is 3.37. The van der Waals surface area contributed by atoms with Crippen LogP contribution >= 0.6 is 0 Å². The van der Waals surface area contributed by atoms with Crippen molar-refractivity contribution in [3.8, 4) is 17.1 Å². The summed E-state index contributed by atoms with van der Waals surface area (Å²) in [5, 5.41) is 18.8. The monoisotopic (exact) mass is 403 g/mol. The number of phenolic OH excluding ortho intramolecular Hbond substituents is 1. The molecule has 0 radical (unpaired) electrons. The van der Waals surface area contributed by atoms with Gasteiger partial charge in [-0.15, -0.1) is 0 Å². The molecule has 8 heteroatoms. The zero-order valence-corrected chi connectivity index (χ0v) is 16.1. The van der Waals surface area contributed by atoms with Crippen LogP contribution in [0, 0.1) is 0 Å². The van der Waals surface area contributed by atoms with E-state index >= 15 is 0 Å². The van der Waals surface area contributed by atoms with Crippen LogP contribution in [-0.4, -0.2) is 39.5 Å². The summed E-state index contributed by atoms with van der Waals surface area (Å²) in [6, 6.07) is 12.9. The number of pyridine rings is 2. The van der Waals surface area contributed by atoms with Crippen LogP contribution in [0.25, 0.3) is 11.4 Å². The van der Waals surface area contributed by atoms with Crippen molar-refractivity contribution < 1.29 is 14.7 Å². The number of aromatic nitrogens is 2. The van der Waals surface area contributed by atoms with Gasteiger partial charge in [0, 0.05) is 12.4 Å². The van der Waals surface area contributed by atoms with E-state index in [4.69, 9.17) is 0 Å². The predicted molar refractivity (Wildman–Crippen MR) is 113 cm³/mol. The molecule has 1 aliphatic rings. The number of amides is 2. The first kappa shape index (κ1) is 19.5. The minimum Gasteiger partial charge on any atom is -0.507 e. The van der Waals surface area contributed by atoms with Gasteiger partial charge in [0.05, 0.1) is 23.0 Å². The van der Waals surface area contributed by atoms with E-state index in [1.165, 1.54) is 12.1 Å². The Balaban J connectivity index is 1.63. The summed E-state index contributed by atoms with van der Waals surface area (Å²) < 4.78 is 0. The lowest BCUT2D eigenvalue weighted by molar-refractivity contribution is -0.117. The number of hydrogen-bond donors (Lipinski definition) is 4. The Labute approximate surface area is 173 Å². The molecule has 30 heavy (non-hydrogen) atoms. The zero-order chi connectivity index (χ0) is 20.9. The molecule has 4 N–H and O–H groups in total. The van der Waals surface area contributed by atoms with E-state index in [0.29, 0.717) is 22.8 Å². The fraction of sp³-hybridized carbons (Fsp3) is 0.182. The third-order valence-corrected chi connectivity index (χ3v) is 4.87. The van der Waals surface area contributed by atoms with E-state index in [1.807, 2.05) is 0 Å². The normalized spacial score (nSPS) is 15.5. The maximum Gasteiger partial charge on any atom is 0.259 e. The molecule has 1 aromatic carbocycles. The molecule has 4 rings (SSSR count). The van der Waals surface area contributed by atoms with E-state index < -0.39 is 5.91 Å². The largest absolute Gasteiger partial charge is 0.507 e. The molecule has 2 aromatic heterocycles. The minimum atomic E-state index is -0.473. The number of para-hydroxylation sites is 1. The molecule has 0 unspecified atom stereocenters. The van der Waals surface area contributed by atoms with Gasteiger partial charge in [0.15, 0.2) is 0 Å². The molecule has 0 bridgehead atoms. The van der Waals surface area contributed by atoms with Gasteiger partial charge in [-0.1, -0.05) is 12.1 Å². The fourth-order valence-corrected chi connectivity index (χ4v) is 3.37. The van der Waals surface area contributed by atoms with Gasteiger partial charge in [-0.2, -0.15) is 0 Å². The average molecular weight is 403 g/mol. The topological polar surface area (TPSA) is 116 Å². The average Bonchev–Trinajstić information content (AvgIpc) is 3.30. The highest BCUT2D eigenvalue weighted by molar-refractivity contribution is 6.08. The van der Waals surface area contributed by atoms with Gasteiger partial charge in [-0.3, -0.25) is 19.6 Å². The first-order valence-electron chi connectivity index (χ1n) is 9.67. The second kappa shape index (κ2) is 8.71. The summed E-state index contributed by atoms with van der Waals surface area (Å²) in [6.45, 7) is 0.820. The second-order valence-corrected chi connectivity index (χ2v) is 6.91. The van der Waals surface area contributed by atoms with Crippen LogP contribution in [0.5, 0.6) is 5.75 Å². The molecule has 152 valence electrons. The van der Waals surface area contributed by atoms with Gasteiger partial charge in [0.25, 0.3) is 5.91 Å². The Bertz CT molecular complexity index is 1080. The van der Waals surface area contributed by atoms with E-state index in [0.717, 1.165) is 19.4 Å². The summed E-state index contributed by atoms with van der Waals surface area (Å²) >= 11 is 0. The summed E-state index contributed by atoms with van der Waals surface area (Å²) in [7, 11) is 0. The number of anilines is 2. The van der Waals surface area contributed by atoms with Crippen molar-refractivity contribution in [2.24, 2.45) is 0 Å². The lowest BCUT2D eigenvalue weighted by atomic mass is 10.1. The Morgan fingerprint density at radius 1 is 0.933 bits per heavy atom. The van der Waals surface area contributed by atoms with Crippen LogP contribution in [0.1, 0.15) is 23.2 Å². The van der Waals surface area contributed by atoms with Crippen LogP contribution in [0.15, 0.2) is 60.9 Å². The minimum absolute atomic E-state index is 0.115. The lowest BCUT2D eigenvalue weighted by Gasteiger charge is -2.15. The molecular weight excluding hydrogens is 382 g/mol. The number of carbonyl (C=O) groups is 2. The molecule has 3 heterocycles. The second-order valence-electron chi connectivity index (χ2n) is 6.91. The van der Waals surface area contributed by atoms with E-state index in [1.54, 1.807) is 48.8 Å². The van der Waals surface area contributed by atoms with Crippen molar-refractivity contribution in [2.45, 2.75) is 18.9 Å². The van der Waals surface area contributed by atoms with Crippen molar-refractivity contribution in [1.82, 2.24) is 15.3 Å². The molecule has 1 aliphatic heterocycles. The highest BCUT2D eigenvalue weighted by Crippen LogP contribution is 2.30. The van der Waals surface area contributed by atoms with Gasteiger partial charge in [-0.25, -0.2) is 0 Å². The zero-order valence-electron chi connectivity index (χ0n) is 16.1. The first-order chi connectivity index (χ1) is 14.6.